The van der Waals surface area contributed by atoms with Crippen LogP contribution in [0.4, 0.5) is 0 Å². The minimum atomic E-state index is 0.439. The van der Waals surface area contributed by atoms with E-state index in [1.54, 1.807) is 0 Å². The fourth-order valence-corrected chi connectivity index (χ4v) is 2.87. The molecule has 0 spiro atoms. The van der Waals surface area contributed by atoms with E-state index in [-0.39, 0.29) is 0 Å². The number of benzene rings is 1. The molecule has 1 aromatic carbocycles. The molecule has 112 valence electrons. The first kappa shape index (κ1) is 15.2. The van der Waals surface area contributed by atoms with E-state index in [0.29, 0.717) is 25.2 Å². The van der Waals surface area contributed by atoms with Gasteiger partial charge in [0.2, 0.25) is 0 Å². The Morgan fingerprint density at radius 2 is 1.80 bits per heavy atom. The summed E-state index contributed by atoms with van der Waals surface area (Å²) in [6, 6.07) is 4.80. The third-order valence-electron chi connectivity index (χ3n) is 3.67. The van der Waals surface area contributed by atoms with Crippen LogP contribution in [0.5, 0.6) is 11.5 Å². The topological polar surface area (TPSA) is 30.5 Å². The van der Waals surface area contributed by atoms with E-state index in [1.807, 2.05) is 13.8 Å². The molecule has 1 N–H and O–H groups in total. The molecule has 3 nitrogen and oxygen atoms in total. The Hall–Kier alpha value is -1.22. The molecule has 1 aliphatic rings. The molecule has 1 unspecified atom stereocenters. The molecule has 0 aliphatic carbocycles. The Kier molecular flexibility index (Phi) is 5.30. The van der Waals surface area contributed by atoms with Crippen molar-refractivity contribution in [3.8, 4) is 11.5 Å². The van der Waals surface area contributed by atoms with Gasteiger partial charge in [-0.2, -0.15) is 0 Å². The number of fused-ring (bicyclic) bond motifs is 1. The van der Waals surface area contributed by atoms with Crippen molar-refractivity contribution >= 4 is 0 Å². The Balaban J connectivity index is 2.35. The van der Waals surface area contributed by atoms with Crippen LogP contribution in [0, 0.1) is 5.92 Å². The second-order valence-corrected chi connectivity index (χ2v) is 5.75. The second-order valence-electron chi connectivity index (χ2n) is 5.75. The monoisotopic (exact) mass is 277 g/mol. The summed E-state index contributed by atoms with van der Waals surface area (Å²) in [5.41, 5.74) is 2.79. The number of ether oxygens (including phenoxy) is 2. The van der Waals surface area contributed by atoms with Crippen LogP contribution in [-0.4, -0.2) is 19.8 Å². The predicted octanol–water partition coefficient (Wildman–Crippen LogP) is 3.72. The fourth-order valence-electron chi connectivity index (χ4n) is 2.87. The van der Waals surface area contributed by atoms with Crippen molar-refractivity contribution in [3.05, 3.63) is 23.3 Å². The van der Waals surface area contributed by atoms with Crippen molar-refractivity contribution in [2.24, 2.45) is 5.92 Å². The highest BCUT2D eigenvalue weighted by molar-refractivity contribution is 5.49. The van der Waals surface area contributed by atoms with Crippen molar-refractivity contribution in [1.29, 1.82) is 0 Å². The zero-order chi connectivity index (χ0) is 14.5. The lowest BCUT2D eigenvalue weighted by molar-refractivity contribution is 0.285. The quantitative estimate of drug-likeness (QED) is 0.859. The van der Waals surface area contributed by atoms with E-state index in [1.165, 1.54) is 11.1 Å². The van der Waals surface area contributed by atoms with Crippen molar-refractivity contribution < 1.29 is 9.47 Å². The maximum absolute atomic E-state index is 5.76. The maximum atomic E-state index is 5.76. The summed E-state index contributed by atoms with van der Waals surface area (Å²) in [4.78, 5) is 0. The van der Waals surface area contributed by atoms with E-state index < -0.39 is 0 Å². The Bertz CT molecular complexity index is 443. The van der Waals surface area contributed by atoms with Gasteiger partial charge in [-0.1, -0.05) is 13.8 Å². The van der Waals surface area contributed by atoms with Crippen LogP contribution in [0.15, 0.2) is 12.1 Å². The highest BCUT2D eigenvalue weighted by Gasteiger charge is 2.23. The van der Waals surface area contributed by atoms with Gasteiger partial charge in [0, 0.05) is 6.04 Å². The number of hydrogen-bond acceptors (Lipinski definition) is 3. The molecule has 1 atom stereocenters. The minimum absolute atomic E-state index is 0.439. The van der Waals surface area contributed by atoms with Gasteiger partial charge >= 0.3 is 0 Å². The van der Waals surface area contributed by atoms with Gasteiger partial charge in [-0.05, 0) is 62.4 Å². The summed E-state index contributed by atoms with van der Waals surface area (Å²) in [7, 11) is 0. The molecule has 0 radical (unpaired) electrons. The summed E-state index contributed by atoms with van der Waals surface area (Å²) in [6.45, 7) is 11.0. The lowest BCUT2D eigenvalue weighted by Crippen LogP contribution is -2.30. The number of rotatable bonds is 6. The van der Waals surface area contributed by atoms with Crippen LogP contribution in [0.2, 0.25) is 0 Å². The molecular formula is C17H27NO2. The smallest absolute Gasteiger partial charge is 0.161 e. The van der Waals surface area contributed by atoms with E-state index in [4.69, 9.17) is 9.47 Å². The molecule has 3 heteroatoms. The van der Waals surface area contributed by atoms with Crippen molar-refractivity contribution in [2.45, 2.75) is 46.6 Å². The van der Waals surface area contributed by atoms with Gasteiger partial charge in [0.15, 0.2) is 11.5 Å². The molecular weight excluding hydrogens is 250 g/mol. The SMILES string of the molecule is CCOc1cc2c(cc1OCC)C(CC(C)C)NCC2. The van der Waals surface area contributed by atoms with Gasteiger partial charge in [0.25, 0.3) is 0 Å². The highest BCUT2D eigenvalue weighted by Crippen LogP contribution is 2.37. The predicted molar refractivity (Wildman–Crippen MR) is 82.7 cm³/mol. The zero-order valence-corrected chi connectivity index (χ0v) is 13.2. The minimum Gasteiger partial charge on any atom is -0.490 e. The van der Waals surface area contributed by atoms with Gasteiger partial charge in [-0.15, -0.1) is 0 Å². The summed E-state index contributed by atoms with van der Waals surface area (Å²) in [6.07, 6.45) is 2.23. The molecule has 0 saturated heterocycles. The first-order valence-electron chi connectivity index (χ1n) is 7.81. The first-order chi connectivity index (χ1) is 9.65. The van der Waals surface area contributed by atoms with Crippen LogP contribution in [0.25, 0.3) is 0 Å². The lowest BCUT2D eigenvalue weighted by Gasteiger charge is -2.29. The molecule has 1 heterocycles. The number of nitrogens with one attached hydrogen (secondary N) is 1. The van der Waals surface area contributed by atoms with Gasteiger partial charge in [0.05, 0.1) is 13.2 Å². The van der Waals surface area contributed by atoms with Crippen LogP contribution in [0.3, 0.4) is 0 Å². The molecule has 0 fully saturated rings. The molecule has 0 aromatic heterocycles. The Morgan fingerprint density at radius 3 is 2.40 bits per heavy atom. The lowest BCUT2D eigenvalue weighted by atomic mass is 9.89. The van der Waals surface area contributed by atoms with Crippen molar-refractivity contribution in [1.82, 2.24) is 5.32 Å². The van der Waals surface area contributed by atoms with Gasteiger partial charge in [0.1, 0.15) is 0 Å². The molecule has 20 heavy (non-hydrogen) atoms. The van der Waals surface area contributed by atoms with E-state index >= 15 is 0 Å². The number of hydrogen-bond donors (Lipinski definition) is 1. The van der Waals surface area contributed by atoms with Crippen molar-refractivity contribution in [2.75, 3.05) is 19.8 Å². The maximum Gasteiger partial charge on any atom is 0.161 e. The normalized spacial score (nSPS) is 17.9. The molecule has 2 rings (SSSR count). The first-order valence-corrected chi connectivity index (χ1v) is 7.81. The summed E-state index contributed by atoms with van der Waals surface area (Å²) in [5.74, 6) is 2.45. The summed E-state index contributed by atoms with van der Waals surface area (Å²) >= 11 is 0. The van der Waals surface area contributed by atoms with Crippen LogP contribution >= 0.6 is 0 Å². The fraction of sp³-hybridized carbons (Fsp3) is 0.647. The molecule has 1 aliphatic heterocycles. The Labute approximate surface area is 122 Å². The summed E-state index contributed by atoms with van der Waals surface area (Å²) in [5, 5.41) is 3.63. The van der Waals surface area contributed by atoms with E-state index in [9.17, 15) is 0 Å². The van der Waals surface area contributed by atoms with Gasteiger partial charge < -0.3 is 14.8 Å². The van der Waals surface area contributed by atoms with Gasteiger partial charge in [-0.3, -0.25) is 0 Å². The van der Waals surface area contributed by atoms with Crippen LogP contribution in [0.1, 0.15) is 51.3 Å². The average molecular weight is 277 g/mol. The molecule has 0 amide bonds. The zero-order valence-electron chi connectivity index (χ0n) is 13.2. The average Bonchev–Trinajstić information content (AvgIpc) is 2.40. The van der Waals surface area contributed by atoms with E-state index in [0.717, 1.165) is 30.9 Å². The molecule has 0 saturated carbocycles. The van der Waals surface area contributed by atoms with Crippen LogP contribution < -0.4 is 14.8 Å². The Morgan fingerprint density at radius 1 is 1.15 bits per heavy atom. The third-order valence-corrected chi connectivity index (χ3v) is 3.67. The second kappa shape index (κ2) is 6.98. The largest absolute Gasteiger partial charge is 0.490 e. The van der Waals surface area contributed by atoms with Crippen molar-refractivity contribution in [3.63, 3.8) is 0 Å². The van der Waals surface area contributed by atoms with E-state index in [2.05, 4.69) is 31.3 Å². The molecule has 0 bridgehead atoms. The summed E-state index contributed by atoms with van der Waals surface area (Å²) < 4.78 is 11.5. The highest BCUT2D eigenvalue weighted by atomic mass is 16.5. The van der Waals surface area contributed by atoms with Crippen LogP contribution in [-0.2, 0) is 6.42 Å². The van der Waals surface area contributed by atoms with Gasteiger partial charge in [-0.25, -0.2) is 0 Å². The standard InChI is InChI=1S/C17H27NO2/c1-5-19-16-10-13-7-8-18-15(9-12(3)4)14(13)11-17(16)20-6-2/h10-12,15,18H,5-9H2,1-4H3. The molecule has 1 aromatic rings. The third kappa shape index (κ3) is 3.45.